The molecular formula is C26H27N3O3. The number of aromatic nitrogens is 2. The normalized spacial score (nSPS) is 12.9. The molecule has 0 spiro atoms. The van der Waals surface area contributed by atoms with Gasteiger partial charge in [-0.2, -0.15) is 0 Å². The molecule has 3 aromatic carbocycles. The molecule has 0 bridgehead atoms. The quantitative estimate of drug-likeness (QED) is 0.382. The standard InChI is InChI=1S/C26H27N3O3/c1-19(32-17-20-8-3-2-4-9-20)23(29-26(30)24-16-27-18-28-24)14-15-31-25-13-7-11-21-10-5-6-12-22(21)25/h2-13,16,18-19,23H,14-15,17H2,1H3,(H,27,28)(H,29,30)/t19-,23+/m0/s1. The molecule has 2 atom stereocenters. The number of aromatic amines is 1. The molecule has 0 saturated heterocycles. The Labute approximate surface area is 187 Å². The average molecular weight is 430 g/mol. The maximum Gasteiger partial charge on any atom is 0.271 e. The van der Waals surface area contributed by atoms with Gasteiger partial charge in [0.15, 0.2) is 0 Å². The van der Waals surface area contributed by atoms with E-state index in [1.807, 2.05) is 67.6 Å². The van der Waals surface area contributed by atoms with Crippen molar-refractivity contribution in [1.82, 2.24) is 15.3 Å². The van der Waals surface area contributed by atoms with E-state index in [0.29, 0.717) is 25.3 Å². The van der Waals surface area contributed by atoms with E-state index >= 15 is 0 Å². The van der Waals surface area contributed by atoms with Gasteiger partial charge >= 0.3 is 0 Å². The first kappa shape index (κ1) is 21.6. The molecule has 0 aliphatic heterocycles. The Bertz CT molecular complexity index is 1120. The third-order valence-corrected chi connectivity index (χ3v) is 5.41. The van der Waals surface area contributed by atoms with Crippen LogP contribution in [-0.2, 0) is 11.3 Å². The monoisotopic (exact) mass is 429 g/mol. The van der Waals surface area contributed by atoms with Gasteiger partial charge in [-0.1, -0.05) is 66.7 Å². The van der Waals surface area contributed by atoms with Gasteiger partial charge in [0.05, 0.1) is 31.7 Å². The van der Waals surface area contributed by atoms with E-state index in [9.17, 15) is 4.79 Å². The summed E-state index contributed by atoms with van der Waals surface area (Å²) >= 11 is 0. The number of benzene rings is 3. The summed E-state index contributed by atoms with van der Waals surface area (Å²) in [5.41, 5.74) is 1.43. The fraction of sp³-hybridized carbons (Fsp3) is 0.231. The Morgan fingerprint density at radius 3 is 2.62 bits per heavy atom. The Morgan fingerprint density at radius 1 is 1.03 bits per heavy atom. The van der Waals surface area contributed by atoms with Gasteiger partial charge in [0.1, 0.15) is 11.4 Å². The number of imidazole rings is 1. The number of hydrogen-bond acceptors (Lipinski definition) is 4. The largest absolute Gasteiger partial charge is 0.493 e. The first-order valence-corrected chi connectivity index (χ1v) is 10.8. The molecule has 6 nitrogen and oxygen atoms in total. The first-order chi connectivity index (χ1) is 15.7. The summed E-state index contributed by atoms with van der Waals surface area (Å²) in [6, 6.07) is 23.9. The minimum Gasteiger partial charge on any atom is -0.493 e. The third kappa shape index (κ3) is 5.53. The predicted molar refractivity (Wildman–Crippen MR) is 125 cm³/mol. The number of H-pyrrole nitrogens is 1. The second-order valence-corrected chi connectivity index (χ2v) is 7.65. The van der Waals surface area contributed by atoms with E-state index < -0.39 is 0 Å². The molecule has 0 aliphatic carbocycles. The maximum absolute atomic E-state index is 12.6. The van der Waals surface area contributed by atoms with Gasteiger partial charge in [-0.15, -0.1) is 0 Å². The lowest BCUT2D eigenvalue weighted by Crippen LogP contribution is -2.44. The number of carbonyl (C=O) groups excluding carboxylic acids is 1. The van der Waals surface area contributed by atoms with Crippen molar-refractivity contribution in [3.05, 3.63) is 96.6 Å². The van der Waals surface area contributed by atoms with Gasteiger partial charge in [0.25, 0.3) is 5.91 Å². The molecule has 4 aromatic rings. The highest BCUT2D eigenvalue weighted by Crippen LogP contribution is 2.25. The number of hydrogen-bond donors (Lipinski definition) is 2. The summed E-state index contributed by atoms with van der Waals surface area (Å²) in [5.74, 6) is 0.593. The molecule has 1 heterocycles. The van der Waals surface area contributed by atoms with Crippen LogP contribution in [0.2, 0.25) is 0 Å². The van der Waals surface area contributed by atoms with Crippen molar-refractivity contribution in [2.45, 2.75) is 32.1 Å². The summed E-state index contributed by atoms with van der Waals surface area (Å²) in [4.78, 5) is 19.5. The van der Waals surface area contributed by atoms with E-state index in [2.05, 4.69) is 27.4 Å². The third-order valence-electron chi connectivity index (χ3n) is 5.41. The van der Waals surface area contributed by atoms with E-state index in [1.54, 1.807) is 6.20 Å². The minimum absolute atomic E-state index is 0.214. The summed E-state index contributed by atoms with van der Waals surface area (Å²) in [6.45, 7) is 2.88. The highest BCUT2D eigenvalue weighted by atomic mass is 16.5. The number of fused-ring (bicyclic) bond motifs is 1. The topological polar surface area (TPSA) is 76.2 Å². The van der Waals surface area contributed by atoms with Crippen LogP contribution in [0.25, 0.3) is 10.8 Å². The van der Waals surface area contributed by atoms with Crippen LogP contribution in [0.5, 0.6) is 5.75 Å². The zero-order chi connectivity index (χ0) is 22.2. The van der Waals surface area contributed by atoms with Crippen molar-refractivity contribution in [2.24, 2.45) is 0 Å². The second-order valence-electron chi connectivity index (χ2n) is 7.65. The lowest BCUT2D eigenvalue weighted by molar-refractivity contribution is 0.0212. The van der Waals surface area contributed by atoms with Gasteiger partial charge < -0.3 is 19.8 Å². The van der Waals surface area contributed by atoms with Crippen molar-refractivity contribution >= 4 is 16.7 Å². The summed E-state index contributed by atoms with van der Waals surface area (Å²) in [7, 11) is 0. The molecular weight excluding hydrogens is 402 g/mol. The van der Waals surface area contributed by atoms with Gasteiger partial charge in [0, 0.05) is 18.0 Å². The number of nitrogens with one attached hydrogen (secondary N) is 2. The van der Waals surface area contributed by atoms with Crippen LogP contribution in [-0.4, -0.2) is 34.6 Å². The Hall–Kier alpha value is -3.64. The Balaban J connectivity index is 1.41. The molecule has 0 radical (unpaired) electrons. The van der Waals surface area contributed by atoms with E-state index in [4.69, 9.17) is 9.47 Å². The number of carbonyl (C=O) groups is 1. The molecule has 0 fully saturated rings. The SMILES string of the molecule is C[C@H](OCc1ccccc1)[C@@H](CCOc1cccc2ccccc12)NC(=O)c1c[nH]cn1. The summed E-state index contributed by atoms with van der Waals surface area (Å²) < 4.78 is 12.2. The van der Waals surface area contributed by atoms with Gasteiger partial charge in [-0.3, -0.25) is 4.79 Å². The van der Waals surface area contributed by atoms with Crippen molar-refractivity contribution < 1.29 is 14.3 Å². The summed E-state index contributed by atoms with van der Waals surface area (Å²) in [6.07, 6.45) is 3.45. The van der Waals surface area contributed by atoms with Gasteiger partial charge in [-0.05, 0) is 23.9 Å². The minimum atomic E-state index is -0.239. The second kappa shape index (κ2) is 10.6. The molecule has 164 valence electrons. The lowest BCUT2D eigenvalue weighted by Gasteiger charge is -2.25. The molecule has 0 unspecified atom stereocenters. The number of nitrogens with zero attached hydrogens (tertiary/aromatic N) is 1. The molecule has 1 aromatic heterocycles. The summed E-state index contributed by atoms with van der Waals surface area (Å²) in [5, 5.41) is 5.25. The first-order valence-electron chi connectivity index (χ1n) is 10.8. The molecule has 6 heteroatoms. The van der Waals surface area contributed by atoms with E-state index in [1.165, 1.54) is 6.33 Å². The number of ether oxygens (including phenoxy) is 2. The highest BCUT2D eigenvalue weighted by molar-refractivity contribution is 5.92. The van der Waals surface area contributed by atoms with E-state index in [-0.39, 0.29) is 18.1 Å². The fourth-order valence-electron chi connectivity index (χ4n) is 3.59. The lowest BCUT2D eigenvalue weighted by atomic mass is 10.1. The van der Waals surface area contributed by atoms with Crippen LogP contribution in [0.4, 0.5) is 0 Å². The van der Waals surface area contributed by atoms with Crippen LogP contribution in [0.3, 0.4) is 0 Å². The van der Waals surface area contributed by atoms with Crippen molar-refractivity contribution in [1.29, 1.82) is 0 Å². The van der Waals surface area contributed by atoms with Crippen molar-refractivity contribution in [3.8, 4) is 5.75 Å². The van der Waals surface area contributed by atoms with Crippen LogP contribution in [0, 0.1) is 0 Å². The number of amides is 1. The average Bonchev–Trinajstić information content (AvgIpc) is 3.38. The van der Waals surface area contributed by atoms with Crippen LogP contribution in [0.15, 0.2) is 85.3 Å². The number of rotatable bonds is 10. The van der Waals surface area contributed by atoms with Crippen LogP contribution in [0.1, 0.15) is 29.4 Å². The van der Waals surface area contributed by atoms with E-state index in [0.717, 1.165) is 22.1 Å². The van der Waals surface area contributed by atoms with Crippen LogP contribution >= 0.6 is 0 Å². The van der Waals surface area contributed by atoms with Gasteiger partial charge in [0.2, 0.25) is 0 Å². The van der Waals surface area contributed by atoms with Crippen LogP contribution < -0.4 is 10.1 Å². The predicted octanol–water partition coefficient (Wildman–Crippen LogP) is 4.74. The molecule has 0 saturated carbocycles. The van der Waals surface area contributed by atoms with Crippen molar-refractivity contribution in [3.63, 3.8) is 0 Å². The molecule has 32 heavy (non-hydrogen) atoms. The fourth-order valence-corrected chi connectivity index (χ4v) is 3.59. The molecule has 0 aliphatic rings. The highest BCUT2D eigenvalue weighted by Gasteiger charge is 2.22. The molecule has 4 rings (SSSR count). The molecule has 2 N–H and O–H groups in total. The smallest absolute Gasteiger partial charge is 0.271 e. The molecule has 1 amide bonds. The maximum atomic E-state index is 12.6. The van der Waals surface area contributed by atoms with Crippen molar-refractivity contribution in [2.75, 3.05) is 6.61 Å². The Kier molecular flexibility index (Phi) is 7.15. The zero-order valence-electron chi connectivity index (χ0n) is 18.0. The zero-order valence-corrected chi connectivity index (χ0v) is 18.0. The van der Waals surface area contributed by atoms with Gasteiger partial charge in [-0.25, -0.2) is 4.98 Å². The Morgan fingerprint density at radius 2 is 1.81 bits per heavy atom.